The Hall–Kier alpha value is -2.53. The van der Waals surface area contributed by atoms with Crippen LogP contribution in [0.3, 0.4) is 0 Å². The number of hydrogen-bond donors (Lipinski definition) is 0. The van der Waals surface area contributed by atoms with Gasteiger partial charge in [0.25, 0.3) is 0 Å². The highest BCUT2D eigenvalue weighted by molar-refractivity contribution is 6.30. The highest BCUT2D eigenvalue weighted by atomic mass is 35.5. The van der Waals surface area contributed by atoms with Gasteiger partial charge in [-0.05, 0) is 24.1 Å². The SMILES string of the molecule is CCC1(c2cccc(Cl)c2)C(C#N)(C#N)C1(C#N)C#N. The third kappa shape index (κ3) is 1.13. The van der Waals surface area contributed by atoms with Gasteiger partial charge in [0.2, 0.25) is 0 Å². The van der Waals surface area contributed by atoms with E-state index in [1.165, 1.54) is 0 Å². The van der Waals surface area contributed by atoms with E-state index in [-0.39, 0.29) is 0 Å². The molecule has 1 aromatic carbocycles. The van der Waals surface area contributed by atoms with Crippen molar-refractivity contribution in [3.05, 3.63) is 34.9 Å². The van der Waals surface area contributed by atoms with E-state index in [4.69, 9.17) is 11.6 Å². The molecule has 0 N–H and O–H groups in total. The molecular weight excluding hydrogens is 272 g/mol. The van der Waals surface area contributed by atoms with Crippen molar-refractivity contribution in [1.29, 1.82) is 21.0 Å². The van der Waals surface area contributed by atoms with E-state index in [1.807, 2.05) is 24.3 Å². The molecule has 0 aromatic heterocycles. The lowest BCUT2D eigenvalue weighted by molar-refractivity contribution is 0.561. The molecule has 0 saturated heterocycles. The lowest BCUT2D eigenvalue weighted by atomic mass is 9.83. The molecule has 0 amide bonds. The highest BCUT2D eigenvalue weighted by Gasteiger charge is 2.91. The third-order valence-electron chi connectivity index (χ3n) is 4.30. The van der Waals surface area contributed by atoms with Gasteiger partial charge < -0.3 is 0 Å². The van der Waals surface area contributed by atoms with Crippen LogP contribution in [-0.2, 0) is 5.41 Å². The lowest BCUT2D eigenvalue weighted by Crippen LogP contribution is -2.17. The Morgan fingerprint density at radius 1 is 1.00 bits per heavy atom. The third-order valence-corrected chi connectivity index (χ3v) is 4.53. The second-order valence-electron chi connectivity index (χ2n) is 4.72. The molecule has 0 bridgehead atoms. The van der Waals surface area contributed by atoms with E-state index >= 15 is 0 Å². The van der Waals surface area contributed by atoms with Gasteiger partial charge in [-0.25, -0.2) is 0 Å². The molecule has 4 nitrogen and oxygen atoms in total. The molecule has 0 atom stereocenters. The predicted molar refractivity (Wildman–Crippen MR) is 70.7 cm³/mol. The fourth-order valence-corrected chi connectivity index (χ4v) is 3.51. The van der Waals surface area contributed by atoms with Crippen LogP contribution < -0.4 is 0 Å². The van der Waals surface area contributed by atoms with Gasteiger partial charge in [-0.3, -0.25) is 0 Å². The molecule has 5 heteroatoms. The monoisotopic (exact) mass is 280 g/mol. The first-order valence-electron chi connectivity index (χ1n) is 5.97. The molecule has 1 aliphatic carbocycles. The normalized spacial score (nSPS) is 19.7. The van der Waals surface area contributed by atoms with Crippen LogP contribution >= 0.6 is 11.6 Å². The van der Waals surface area contributed by atoms with Crippen molar-refractivity contribution >= 4 is 11.6 Å². The maximum atomic E-state index is 9.44. The zero-order valence-electron chi connectivity index (χ0n) is 10.7. The summed E-state index contributed by atoms with van der Waals surface area (Å²) in [4.78, 5) is 0. The molecule has 0 unspecified atom stereocenters. The number of rotatable bonds is 2. The minimum absolute atomic E-state index is 0.329. The smallest absolute Gasteiger partial charge is 0.188 e. The fourth-order valence-electron chi connectivity index (χ4n) is 3.32. The summed E-state index contributed by atoms with van der Waals surface area (Å²) in [5.41, 5.74) is -3.87. The molecule has 0 radical (unpaired) electrons. The topological polar surface area (TPSA) is 95.2 Å². The summed E-state index contributed by atoms with van der Waals surface area (Å²) in [7, 11) is 0. The van der Waals surface area contributed by atoms with Gasteiger partial charge in [0.15, 0.2) is 10.8 Å². The van der Waals surface area contributed by atoms with Crippen molar-refractivity contribution in [2.75, 3.05) is 0 Å². The Labute approximate surface area is 122 Å². The average molecular weight is 281 g/mol. The summed E-state index contributed by atoms with van der Waals surface area (Å²) >= 11 is 5.96. The van der Waals surface area contributed by atoms with E-state index in [0.717, 1.165) is 0 Å². The van der Waals surface area contributed by atoms with Crippen molar-refractivity contribution in [2.45, 2.75) is 18.8 Å². The summed E-state index contributed by atoms with van der Waals surface area (Å²) in [5, 5.41) is 38.2. The van der Waals surface area contributed by atoms with Gasteiger partial charge in [-0.1, -0.05) is 30.7 Å². The van der Waals surface area contributed by atoms with Crippen molar-refractivity contribution in [1.82, 2.24) is 0 Å². The van der Waals surface area contributed by atoms with Crippen molar-refractivity contribution in [3.63, 3.8) is 0 Å². The first kappa shape index (κ1) is 13.9. The minimum atomic E-state index is -1.66. The van der Waals surface area contributed by atoms with Gasteiger partial charge in [0, 0.05) is 5.02 Å². The number of halogens is 1. The molecule has 1 aliphatic rings. The maximum Gasteiger partial charge on any atom is 0.188 e. The van der Waals surface area contributed by atoms with E-state index in [1.54, 1.807) is 31.2 Å². The molecule has 0 heterocycles. The Bertz CT molecular complexity index is 673. The van der Waals surface area contributed by atoms with E-state index < -0.39 is 16.2 Å². The summed E-state index contributed by atoms with van der Waals surface area (Å²) in [6.45, 7) is 1.76. The summed E-state index contributed by atoms with van der Waals surface area (Å²) in [6, 6.07) is 14.3. The Morgan fingerprint density at radius 3 is 1.85 bits per heavy atom. The maximum absolute atomic E-state index is 9.44. The van der Waals surface area contributed by atoms with Crippen LogP contribution in [0.25, 0.3) is 0 Å². The minimum Gasteiger partial charge on any atom is -0.196 e. The Kier molecular flexibility index (Phi) is 2.95. The van der Waals surface area contributed by atoms with Crippen molar-refractivity contribution in [3.8, 4) is 24.3 Å². The number of nitrogens with zero attached hydrogens (tertiary/aromatic N) is 4. The molecule has 1 saturated carbocycles. The molecule has 96 valence electrons. The zero-order valence-corrected chi connectivity index (χ0v) is 11.4. The molecule has 0 spiro atoms. The Morgan fingerprint density at radius 2 is 1.50 bits per heavy atom. The van der Waals surface area contributed by atoms with Gasteiger partial charge in [0.1, 0.15) is 0 Å². The molecule has 1 fully saturated rings. The van der Waals surface area contributed by atoms with E-state index in [9.17, 15) is 21.0 Å². The van der Waals surface area contributed by atoms with Crippen LogP contribution in [0.15, 0.2) is 24.3 Å². The number of hydrogen-bond acceptors (Lipinski definition) is 4. The van der Waals surface area contributed by atoms with Gasteiger partial charge in [-0.15, -0.1) is 0 Å². The van der Waals surface area contributed by atoms with Gasteiger partial charge in [0.05, 0.1) is 29.7 Å². The lowest BCUT2D eigenvalue weighted by Gasteiger charge is -2.16. The van der Waals surface area contributed by atoms with Gasteiger partial charge in [-0.2, -0.15) is 21.0 Å². The van der Waals surface area contributed by atoms with E-state index in [0.29, 0.717) is 17.0 Å². The predicted octanol–water partition coefficient (Wildman–Crippen LogP) is 3.07. The Balaban J connectivity index is 2.83. The largest absolute Gasteiger partial charge is 0.196 e. The second-order valence-corrected chi connectivity index (χ2v) is 5.15. The first-order valence-corrected chi connectivity index (χ1v) is 6.34. The van der Waals surface area contributed by atoms with Crippen LogP contribution in [-0.4, -0.2) is 0 Å². The van der Waals surface area contributed by atoms with Crippen LogP contribution in [0.4, 0.5) is 0 Å². The fraction of sp³-hybridized carbons (Fsp3) is 0.333. The van der Waals surface area contributed by atoms with Crippen LogP contribution in [0.2, 0.25) is 5.02 Å². The molecular formula is C15H9ClN4. The molecule has 0 aliphatic heterocycles. The highest BCUT2D eigenvalue weighted by Crippen LogP contribution is 2.79. The van der Waals surface area contributed by atoms with Crippen LogP contribution in [0.1, 0.15) is 18.9 Å². The quantitative estimate of drug-likeness (QED) is 0.831. The zero-order chi connectivity index (χ0) is 15.0. The summed E-state index contributed by atoms with van der Waals surface area (Å²) in [5.74, 6) is 0. The first-order chi connectivity index (χ1) is 9.55. The number of nitriles is 4. The number of benzene rings is 1. The molecule has 1 aromatic rings. The molecule has 2 rings (SSSR count). The van der Waals surface area contributed by atoms with Crippen molar-refractivity contribution < 1.29 is 0 Å². The van der Waals surface area contributed by atoms with Crippen LogP contribution in [0.5, 0.6) is 0 Å². The second kappa shape index (κ2) is 4.25. The van der Waals surface area contributed by atoms with Crippen LogP contribution in [0, 0.1) is 56.2 Å². The van der Waals surface area contributed by atoms with E-state index in [2.05, 4.69) is 0 Å². The average Bonchev–Trinajstić information content (AvgIpc) is 3.04. The summed E-state index contributed by atoms with van der Waals surface area (Å²) < 4.78 is 0. The summed E-state index contributed by atoms with van der Waals surface area (Å²) in [6.07, 6.45) is 0.329. The standard InChI is InChI=1S/C15H9ClN4/c1-2-15(11-4-3-5-12(16)6-11)13(7-17,8-18)14(15,9-19)10-20/h3-6H,2H2,1H3. The molecule has 20 heavy (non-hydrogen) atoms. The van der Waals surface area contributed by atoms with Crippen molar-refractivity contribution in [2.24, 2.45) is 10.8 Å². The van der Waals surface area contributed by atoms with Gasteiger partial charge >= 0.3 is 0 Å².